The SMILES string of the molecule is CN=C(NCC1CCCC1O)N(C)Cc1ccc[nH]1. The van der Waals surface area contributed by atoms with Crippen molar-refractivity contribution < 1.29 is 5.11 Å². The quantitative estimate of drug-likeness (QED) is 0.565. The molecule has 106 valence electrons. The van der Waals surface area contributed by atoms with Crippen LogP contribution in [0.2, 0.25) is 0 Å². The van der Waals surface area contributed by atoms with Crippen LogP contribution in [0.4, 0.5) is 0 Å². The fourth-order valence-electron chi connectivity index (χ4n) is 2.66. The molecule has 0 aliphatic heterocycles. The van der Waals surface area contributed by atoms with Crippen molar-refractivity contribution >= 4 is 5.96 Å². The molecule has 1 aromatic rings. The standard InChI is InChI=1S/C14H24N4O/c1-15-14(17-9-11-5-3-7-13(11)19)18(2)10-12-6-4-8-16-12/h4,6,8,11,13,16,19H,3,5,7,9-10H2,1-2H3,(H,15,17). The lowest BCUT2D eigenvalue weighted by atomic mass is 10.1. The van der Waals surface area contributed by atoms with Crippen molar-refractivity contribution in [1.82, 2.24) is 15.2 Å². The largest absolute Gasteiger partial charge is 0.393 e. The van der Waals surface area contributed by atoms with E-state index < -0.39 is 0 Å². The van der Waals surface area contributed by atoms with Gasteiger partial charge in [0.25, 0.3) is 0 Å². The number of H-pyrrole nitrogens is 1. The Morgan fingerprint density at radius 2 is 2.42 bits per heavy atom. The number of hydrogen-bond acceptors (Lipinski definition) is 2. The lowest BCUT2D eigenvalue weighted by Gasteiger charge is -2.24. The van der Waals surface area contributed by atoms with Crippen LogP contribution in [0.25, 0.3) is 0 Å². The molecule has 2 rings (SSSR count). The zero-order chi connectivity index (χ0) is 13.7. The highest BCUT2D eigenvalue weighted by Gasteiger charge is 2.25. The maximum Gasteiger partial charge on any atom is 0.193 e. The van der Waals surface area contributed by atoms with E-state index in [1.807, 2.05) is 19.3 Å². The van der Waals surface area contributed by atoms with E-state index in [0.29, 0.717) is 5.92 Å². The summed E-state index contributed by atoms with van der Waals surface area (Å²) in [4.78, 5) is 9.55. The van der Waals surface area contributed by atoms with E-state index in [9.17, 15) is 5.11 Å². The zero-order valence-electron chi connectivity index (χ0n) is 11.8. The summed E-state index contributed by atoms with van der Waals surface area (Å²) < 4.78 is 0. The van der Waals surface area contributed by atoms with Crippen molar-refractivity contribution in [2.45, 2.75) is 31.9 Å². The lowest BCUT2D eigenvalue weighted by Crippen LogP contribution is -2.41. The van der Waals surface area contributed by atoms with Gasteiger partial charge < -0.3 is 20.3 Å². The normalized spacial score (nSPS) is 23.6. The third kappa shape index (κ3) is 3.73. The van der Waals surface area contributed by atoms with E-state index in [1.165, 1.54) is 0 Å². The summed E-state index contributed by atoms with van der Waals surface area (Å²) in [6.45, 7) is 1.59. The van der Waals surface area contributed by atoms with E-state index in [2.05, 4.69) is 26.3 Å². The van der Waals surface area contributed by atoms with Gasteiger partial charge in [0.2, 0.25) is 0 Å². The zero-order valence-corrected chi connectivity index (χ0v) is 11.8. The number of aromatic nitrogens is 1. The maximum atomic E-state index is 9.82. The van der Waals surface area contributed by atoms with Gasteiger partial charge in [0.05, 0.1) is 12.6 Å². The van der Waals surface area contributed by atoms with Gasteiger partial charge in [0.1, 0.15) is 0 Å². The second-order valence-electron chi connectivity index (χ2n) is 5.24. The molecule has 19 heavy (non-hydrogen) atoms. The molecule has 0 bridgehead atoms. The summed E-state index contributed by atoms with van der Waals surface area (Å²) in [6, 6.07) is 4.05. The molecule has 0 spiro atoms. The molecule has 0 aromatic carbocycles. The Kier molecular flexibility index (Phi) is 4.85. The minimum Gasteiger partial charge on any atom is -0.393 e. The van der Waals surface area contributed by atoms with E-state index in [-0.39, 0.29) is 6.10 Å². The van der Waals surface area contributed by atoms with Crippen LogP contribution in [-0.4, -0.2) is 47.7 Å². The molecule has 1 aromatic heterocycles. The molecule has 1 fully saturated rings. The van der Waals surface area contributed by atoms with Gasteiger partial charge in [0, 0.05) is 38.4 Å². The number of nitrogens with zero attached hydrogens (tertiary/aromatic N) is 2. The Bertz CT molecular complexity index is 402. The molecule has 5 heteroatoms. The van der Waals surface area contributed by atoms with Gasteiger partial charge in [-0.05, 0) is 25.0 Å². The minimum atomic E-state index is -0.153. The summed E-state index contributed by atoms with van der Waals surface area (Å²) >= 11 is 0. The highest BCUT2D eigenvalue weighted by atomic mass is 16.3. The van der Waals surface area contributed by atoms with Gasteiger partial charge in [-0.15, -0.1) is 0 Å². The number of rotatable bonds is 4. The van der Waals surface area contributed by atoms with Gasteiger partial charge >= 0.3 is 0 Å². The molecule has 1 aliphatic rings. The molecule has 5 nitrogen and oxygen atoms in total. The number of hydrogen-bond donors (Lipinski definition) is 3. The lowest BCUT2D eigenvalue weighted by molar-refractivity contribution is 0.134. The Morgan fingerprint density at radius 1 is 1.58 bits per heavy atom. The Balaban J connectivity index is 1.82. The molecule has 1 aliphatic carbocycles. The van der Waals surface area contributed by atoms with Crippen molar-refractivity contribution in [1.29, 1.82) is 0 Å². The first-order chi connectivity index (χ1) is 9.20. The molecule has 0 amide bonds. The van der Waals surface area contributed by atoms with Crippen LogP contribution < -0.4 is 5.32 Å². The fourth-order valence-corrected chi connectivity index (χ4v) is 2.66. The summed E-state index contributed by atoms with van der Waals surface area (Å²) in [6.07, 6.45) is 4.94. The predicted molar refractivity (Wildman–Crippen MR) is 77.0 cm³/mol. The predicted octanol–water partition coefficient (Wildman–Crippen LogP) is 1.18. The van der Waals surface area contributed by atoms with Gasteiger partial charge in [0.15, 0.2) is 5.96 Å². The van der Waals surface area contributed by atoms with Crippen LogP contribution in [0, 0.1) is 5.92 Å². The first-order valence-corrected chi connectivity index (χ1v) is 6.93. The Morgan fingerprint density at radius 3 is 3.00 bits per heavy atom. The molecule has 0 saturated heterocycles. The number of nitrogens with one attached hydrogen (secondary N) is 2. The topological polar surface area (TPSA) is 63.7 Å². The third-order valence-electron chi connectivity index (χ3n) is 3.78. The number of guanidine groups is 1. The monoisotopic (exact) mass is 264 g/mol. The van der Waals surface area contributed by atoms with E-state index >= 15 is 0 Å². The molecule has 0 radical (unpaired) electrons. The number of aromatic amines is 1. The second-order valence-corrected chi connectivity index (χ2v) is 5.24. The first kappa shape index (κ1) is 13.9. The van der Waals surface area contributed by atoms with Gasteiger partial charge in [-0.25, -0.2) is 0 Å². The van der Waals surface area contributed by atoms with Crippen LogP contribution in [0.1, 0.15) is 25.0 Å². The van der Waals surface area contributed by atoms with E-state index in [0.717, 1.165) is 44.0 Å². The minimum absolute atomic E-state index is 0.153. The number of aliphatic hydroxyl groups excluding tert-OH is 1. The van der Waals surface area contributed by atoms with Crippen molar-refractivity contribution in [3.8, 4) is 0 Å². The summed E-state index contributed by atoms with van der Waals surface area (Å²) in [5.41, 5.74) is 1.16. The van der Waals surface area contributed by atoms with Crippen LogP contribution >= 0.6 is 0 Å². The first-order valence-electron chi connectivity index (χ1n) is 6.93. The molecule has 2 atom stereocenters. The summed E-state index contributed by atoms with van der Waals surface area (Å²) in [5.74, 6) is 1.23. The third-order valence-corrected chi connectivity index (χ3v) is 3.78. The smallest absolute Gasteiger partial charge is 0.193 e. The van der Waals surface area contributed by atoms with Crippen molar-refractivity contribution in [2.24, 2.45) is 10.9 Å². The molecule has 1 heterocycles. The molecule has 1 saturated carbocycles. The van der Waals surface area contributed by atoms with Gasteiger partial charge in [-0.3, -0.25) is 4.99 Å². The van der Waals surface area contributed by atoms with Gasteiger partial charge in [-0.1, -0.05) is 6.42 Å². The second kappa shape index (κ2) is 6.61. The van der Waals surface area contributed by atoms with E-state index in [4.69, 9.17) is 0 Å². The van der Waals surface area contributed by atoms with Gasteiger partial charge in [-0.2, -0.15) is 0 Å². The average Bonchev–Trinajstić information content (AvgIpc) is 3.02. The van der Waals surface area contributed by atoms with Crippen molar-refractivity contribution in [2.75, 3.05) is 20.6 Å². The molecular weight excluding hydrogens is 240 g/mol. The van der Waals surface area contributed by atoms with Crippen molar-refractivity contribution in [3.05, 3.63) is 24.0 Å². The van der Waals surface area contributed by atoms with E-state index in [1.54, 1.807) is 7.05 Å². The van der Waals surface area contributed by atoms with Crippen molar-refractivity contribution in [3.63, 3.8) is 0 Å². The summed E-state index contributed by atoms with van der Waals surface area (Å²) in [7, 11) is 3.81. The fraction of sp³-hybridized carbons (Fsp3) is 0.643. The van der Waals surface area contributed by atoms with Crippen LogP contribution in [0.5, 0.6) is 0 Å². The summed E-state index contributed by atoms with van der Waals surface area (Å²) in [5, 5.41) is 13.2. The Labute approximate surface area is 114 Å². The van der Waals surface area contributed by atoms with Crippen LogP contribution in [0.15, 0.2) is 23.3 Å². The van der Waals surface area contributed by atoms with Crippen LogP contribution in [0.3, 0.4) is 0 Å². The number of aliphatic hydroxyl groups is 1. The average molecular weight is 264 g/mol. The van der Waals surface area contributed by atoms with Crippen LogP contribution in [-0.2, 0) is 6.54 Å². The Hall–Kier alpha value is -1.49. The maximum absolute atomic E-state index is 9.82. The highest BCUT2D eigenvalue weighted by molar-refractivity contribution is 5.79. The molecule has 3 N–H and O–H groups in total. The number of aliphatic imine (C=N–C) groups is 1. The molecular formula is C14H24N4O. The highest BCUT2D eigenvalue weighted by Crippen LogP contribution is 2.24. The molecule has 2 unspecified atom stereocenters.